The number of carbonyl (C=O) groups excluding carboxylic acids is 2. The highest BCUT2D eigenvalue weighted by molar-refractivity contribution is 5.89. The third kappa shape index (κ3) is 5.85. The van der Waals surface area contributed by atoms with E-state index in [1.165, 1.54) is 0 Å². The molecule has 150 valence electrons. The lowest BCUT2D eigenvalue weighted by atomic mass is 10.1. The molecule has 2 atom stereocenters. The molecular weight excluding hydrogens is 346 g/mol. The smallest absolute Gasteiger partial charge is 0.225 e. The van der Waals surface area contributed by atoms with Crippen molar-refractivity contribution in [2.24, 2.45) is 5.92 Å². The Hall–Kier alpha value is -2.28. The molecule has 0 aromatic heterocycles. The summed E-state index contributed by atoms with van der Waals surface area (Å²) < 4.78 is 10.6. The molecule has 1 aliphatic rings. The van der Waals surface area contributed by atoms with E-state index in [-0.39, 0.29) is 30.2 Å². The van der Waals surface area contributed by atoms with E-state index in [9.17, 15) is 9.59 Å². The molecule has 0 radical (unpaired) electrons. The zero-order chi connectivity index (χ0) is 19.8. The summed E-state index contributed by atoms with van der Waals surface area (Å²) in [6.45, 7) is 6.56. The van der Waals surface area contributed by atoms with Crippen molar-refractivity contribution < 1.29 is 19.1 Å². The van der Waals surface area contributed by atoms with Gasteiger partial charge in [-0.05, 0) is 37.6 Å². The lowest BCUT2D eigenvalue weighted by molar-refractivity contribution is -0.129. The molecule has 2 rings (SSSR count). The van der Waals surface area contributed by atoms with Gasteiger partial charge in [0.1, 0.15) is 0 Å². The van der Waals surface area contributed by atoms with Gasteiger partial charge in [0.2, 0.25) is 11.8 Å². The normalized spacial score (nSPS) is 17.7. The average molecular weight is 377 g/mol. The van der Waals surface area contributed by atoms with Gasteiger partial charge in [-0.3, -0.25) is 9.59 Å². The predicted molar refractivity (Wildman–Crippen MR) is 104 cm³/mol. The van der Waals surface area contributed by atoms with Gasteiger partial charge < -0.3 is 25.0 Å². The number of benzene rings is 1. The van der Waals surface area contributed by atoms with Crippen molar-refractivity contribution in [3.8, 4) is 11.5 Å². The Labute approximate surface area is 161 Å². The lowest BCUT2D eigenvalue weighted by Gasteiger charge is -2.18. The summed E-state index contributed by atoms with van der Waals surface area (Å²) in [5, 5.41) is 6.19. The molecule has 0 aliphatic carbocycles. The third-order valence-electron chi connectivity index (χ3n) is 4.84. The Morgan fingerprint density at radius 2 is 2.04 bits per heavy atom. The van der Waals surface area contributed by atoms with Crippen molar-refractivity contribution in [1.29, 1.82) is 0 Å². The van der Waals surface area contributed by atoms with Gasteiger partial charge in [-0.2, -0.15) is 0 Å². The van der Waals surface area contributed by atoms with E-state index >= 15 is 0 Å². The van der Waals surface area contributed by atoms with E-state index in [1.54, 1.807) is 19.1 Å². The molecule has 0 spiro atoms. The molecule has 1 aromatic rings. The van der Waals surface area contributed by atoms with E-state index in [4.69, 9.17) is 9.47 Å². The van der Waals surface area contributed by atoms with E-state index in [1.807, 2.05) is 32.0 Å². The van der Waals surface area contributed by atoms with Crippen LogP contribution in [0.5, 0.6) is 11.5 Å². The lowest BCUT2D eigenvalue weighted by Crippen LogP contribution is -2.41. The van der Waals surface area contributed by atoms with E-state index in [0.717, 1.165) is 12.1 Å². The summed E-state index contributed by atoms with van der Waals surface area (Å²) in [5.74, 6) is 1.09. The second-order valence-electron chi connectivity index (χ2n) is 6.88. The van der Waals surface area contributed by atoms with Crippen LogP contribution in [0.25, 0.3) is 0 Å². The van der Waals surface area contributed by atoms with Gasteiger partial charge in [-0.1, -0.05) is 13.0 Å². The topological polar surface area (TPSA) is 79.9 Å². The van der Waals surface area contributed by atoms with Crippen LogP contribution < -0.4 is 20.1 Å². The number of amides is 2. The minimum atomic E-state index is -0.267. The number of ether oxygens (including phenoxy) is 2. The first-order valence-electron chi connectivity index (χ1n) is 9.48. The van der Waals surface area contributed by atoms with Crippen molar-refractivity contribution in [1.82, 2.24) is 15.5 Å². The first-order chi connectivity index (χ1) is 13.0. The van der Waals surface area contributed by atoms with Crippen molar-refractivity contribution >= 4 is 11.8 Å². The number of nitrogens with zero attached hydrogens (tertiary/aromatic N) is 1. The number of likely N-dealkylation sites (N-methyl/N-ethyl adjacent to an activating group) is 1. The van der Waals surface area contributed by atoms with E-state index in [0.29, 0.717) is 37.6 Å². The molecule has 1 aromatic carbocycles. The Morgan fingerprint density at radius 1 is 1.30 bits per heavy atom. The second kappa shape index (κ2) is 10.2. The van der Waals surface area contributed by atoms with Gasteiger partial charge in [0.15, 0.2) is 11.5 Å². The van der Waals surface area contributed by atoms with Gasteiger partial charge in [0.25, 0.3) is 0 Å². The van der Waals surface area contributed by atoms with Crippen LogP contribution in [0.2, 0.25) is 0 Å². The molecular formula is C20H31N3O4. The quantitative estimate of drug-likeness (QED) is 0.641. The Bertz CT molecular complexity index is 650. The molecule has 7 heteroatoms. The summed E-state index contributed by atoms with van der Waals surface area (Å²) in [4.78, 5) is 26.4. The third-order valence-corrected chi connectivity index (χ3v) is 4.84. The maximum absolute atomic E-state index is 12.3. The Morgan fingerprint density at radius 3 is 2.70 bits per heavy atom. The van der Waals surface area contributed by atoms with Crippen LogP contribution in [0.4, 0.5) is 0 Å². The molecule has 1 heterocycles. The standard InChI is InChI=1S/C20H31N3O4/c1-5-21-14(2)12-22-20(25)16-11-19(24)23(13-16)9-8-15-6-7-17(26-3)18(10-15)27-4/h6-7,10,14,16,21H,5,8-9,11-13H2,1-4H3,(H,22,25)/t14-,16?/m1/s1. The first-order valence-corrected chi connectivity index (χ1v) is 9.48. The van der Waals surface area contributed by atoms with Crippen molar-refractivity contribution in [3.05, 3.63) is 23.8 Å². The summed E-state index contributed by atoms with van der Waals surface area (Å²) in [6, 6.07) is 5.97. The maximum Gasteiger partial charge on any atom is 0.225 e. The zero-order valence-corrected chi connectivity index (χ0v) is 16.7. The highest BCUT2D eigenvalue weighted by atomic mass is 16.5. The Balaban J connectivity index is 1.84. The SMILES string of the molecule is CCN[C@H](C)CNC(=O)C1CC(=O)N(CCc2ccc(OC)c(OC)c2)C1. The number of carbonyl (C=O) groups is 2. The molecule has 2 N–H and O–H groups in total. The predicted octanol–water partition coefficient (Wildman–Crippen LogP) is 1.21. The molecule has 0 bridgehead atoms. The van der Waals surface area contributed by atoms with Gasteiger partial charge >= 0.3 is 0 Å². The number of hydrogen-bond acceptors (Lipinski definition) is 5. The fourth-order valence-corrected chi connectivity index (χ4v) is 3.28. The van der Waals surface area contributed by atoms with E-state index < -0.39 is 0 Å². The molecule has 1 saturated heterocycles. The summed E-state index contributed by atoms with van der Waals surface area (Å²) >= 11 is 0. The fourth-order valence-electron chi connectivity index (χ4n) is 3.28. The molecule has 1 unspecified atom stereocenters. The highest BCUT2D eigenvalue weighted by Gasteiger charge is 2.33. The number of rotatable bonds is 10. The Kier molecular flexibility index (Phi) is 7.91. The number of methoxy groups -OCH3 is 2. The van der Waals surface area contributed by atoms with Crippen LogP contribution in [0, 0.1) is 5.92 Å². The number of likely N-dealkylation sites (tertiary alicyclic amines) is 1. The van der Waals surface area contributed by atoms with Crippen LogP contribution in [-0.2, 0) is 16.0 Å². The highest BCUT2D eigenvalue weighted by Crippen LogP contribution is 2.28. The van der Waals surface area contributed by atoms with Gasteiger partial charge in [-0.15, -0.1) is 0 Å². The zero-order valence-electron chi connectivity index (χ0n) is 16.7. The summed E-state index contributed by atoms with van der Waals surface area (Å²) in [7, 11) is 3.20. The number of nitrogens with one attached hydrogen (secondary N) is 2. The monoisotopic (exact) mass is 377 g/mol. The van der Waals surface area contributed by atoms with Crippen LogP contribution in [0.3, 0.4) is 0 Å². The number of hydrogen-bond donors (Lipinski definition) is 2. The van der Waals surface area contributed by atoms with Crippen molar-refractivity contribution in [2.75, 3.05) is 40.4 Å². The van der Waals surface area contributed by atoms with Crippen molar-refractivity contribution in [2.45, 2.75) is 32.7 Å². The second-order valence-corrected chi connectivity index (χ2v) is 6.88. The van der Waals surface area contributed by atoms with Gasteiger partial charge in [0, 0.05) is 32.1 Å². The molecule has 1 fully saturated rings. The van der Waals surface area contributed by atoms with Crippen LogP contribution >= 0.6 is 0 Å². The first kappa shape index (κ1) is 21.0. The van der Waals surface area contributed by atoms with Gasteiger partial charge in [0.05, 0.1) is 20.1 Å². The summed E-state index contributed by atoms with van der Waals surface area (Å²) in [5.41, 5.74) is 1.06. The van der Waals surface area contributed by atoms with Crippen LogP contribution in [0.1, 0.15) is 25.8 Å². The largest absolute Gasteiger partial charge is 0.493 e. The molecule has 27 heavy (non-hydrogen) atoms. The minimum Gasteiger partial charge on any atom is -0.493 e. The van der Waals surface area contributed by atoms with E-state index in [2.05, 4.69) is 10.6 Å². The van der Waals surface area contributed by atoms with Crippen molar-refractivity contribution in [3.63, 3.8) is 0 Å². The minimum absolute atomic E-state index is 0.0374. The van der Waals surface area contributed by atoms with Crippen LogP contribution in [-0.4, -0.2) is 63.2 Å². The maximum atomic E-state index is 12.3. The molecule has 1 aliphatic heterocycles. The van der Waals surface area contributed by atoms with Crippen LogP contribution in [0.15, 0.2) is 18.2 Å². The van der Waals surface area contributed by atoms with Gasteiger partial charge in [-0.25, -0.2) is 0 Å². The molecule has 2 amide bonds. The molecule has 0 saturated carbocycles. The summed E-state index contributed by atoms with van der Waals surface area (Å²) in [6.07, 6.45) is 0.991. The molecule has 7 nitrogen and oxygen atoms in total. The fraction of sp³-hybridized carbons (Fsp3) is 0.600. The average Bonchev–Trinajstić information content (AvgIpc) is 3.05.